The largest absolute Gasteiger partial charge is 0.381 e. The molecule has 0 aromatic rings. The Labute approximate surface area is 152 Å². The lowest BCUT2D eigenvalue weighted by Crippen LogP contribution is -2.42. The average Bonchev–Trinajstić information content (AvgIpc) is 3.03. The minimum absolute atomic E-state index is 0. The molecule has 1 aliphatic heterocycles. The highest BCUT2D eigenvalue weighted by Crippen LogP contribution is 2.17. The fraction of sp³-hybridized carbons (Fsp3) is 0.938. The Kier molecular flexibility index (Phi) is 11.2. The zero-order chi connectivity index (χ0) is 14.8. The Morgan fingerprint density at radius 2 is 1.91 bits per heavy atom. The third-order valence-electron chi connectivity index (χ3n) is 4.37. The second-order valence-electron chi connectivity index (χ2n) is 6.11. The number of hydrogen-bond acceptors (Lipinski definition) is 3. The Bertz CT molecular complexity index is 304. The molecule has 1 heterocycles. The van der Waals surface area contributed by atoms with Gasteiger partial charge in [-0.25, -0.2) is 0 Å². The van der Waals surface area contributed by atoms with Crippen LogP contribution in [0.5, 0.6) is 0 Å². The fourth-order valence-corrected chi connectivity index (χ4v) is 3.00. The van der Waals surface area contributed by atoms with Crippen LogP contribution in [0.2, 0.25) is 0 Å². The second-order valence-corrected chi connectivity index (χ2v) is 6.11. The van der Waals surface area contributed by atoms with Crippen LogP contribution in [0.15, 0.2) is 4.99 Å². The van der Waals surface area contributed by atoms with E-state index in [0.29, 0.717) is 12.0 Å². The van der Waals surface area contributed by atoms with Gasteiger partial charge >= 0.3 is 0 Å². The molecule has 2 fully saturated rings. The summed E-state index contributed by atoms with van der Waals surface area (Å²) < 4.78 is 11.1. The van der Waals surface area contributed by atoms with Gasteiger partial charge in [0, 0.05) is 46.1 Å². The van der Waals surface area contributed by atoms with Crippen molar-refractivity contribution in [3.63, 3.8) is 0 Å². The normalized spacial score (nSPS) is 20.7. The average molecular weight is 425 g/mol. The van der Waals surface area contributed by atoms with Gasteiger partial charge in [-0.3, -0.25) is 4.99 Å². The summed E-state index contributed by atoms with van der Waals surface area (Å²) in [6, 6.07) is 0.612. The van der Waals surface area contributed by atoms with E-state index in [-0.39, 0.29) is 24.0 Å². The molecule has 6 heteroatoms. The first-order valence-corrected chi connectivity index (χ1v) is 8.51. The summed E-state index contributed by atoms with van der Waals surface area (Å²) in [4.78, 5) is 4.28. The summed E-state index contributed by atoms with van der Waals surface area (Å²) in [7, 11) is 1.84. The minimum atomic E-state index is 0. The van der Waals surface area contributed by atoms with E-state index in [4.69, 9.17) is 9.47 Å². The van der Waals surface area contributed by atoms with Gasteiger partial charge < -0.3 is 20.1 Å². The van der Waals surface area contributed by atoms with E-state index in [0.717, 1.165) is 58.2 Å². The van der Waals surface area contributed by atoms with Crippen molar-refractivity contribution in [2.24, 2.45) is 10.9 Å². The van der Waals surface area contributed by atoms with Crippen molar-refractivity contribution in [3.05, 3.63) is 0 Å². The van der Waals surface area contributed by atoms with E-state index in [2.05, 4.69) is 15.6 Å². The van der Waals surface area contributed by atoms with E-state index in [1.165, 1.54) is 25.7 Å². The number of halogens is 1. The maximum Gasteiger partial charge on any atom is 0.191 e. The molecular weight excluding hydrogens is 393 g/mol. The molecule has 0 atom stereocenters. The predicted molar refractivity (Wildman–Crippen MR) is 101 cm³/mol. The molecule has 0 unspecified atom stereocenters. The van der Waals surface area contributed by atoms with E-state index < -0.39 is 0 Å². The molecule has 1 saturated heterocycles. The number of nitrogens with zero attached hydrogens (tertiary/aromatic N) is 1. The van der Waals surface area contributed by atoms with Crippen LogP contribution in [0.25, 0.3) is 0 Å². The highest BCUT2D eigenvalue weighted by Gasteiger charge is 2.16. The van der Waals surface area contributed by atoms with Crippen molar-refractivity contribution in [1.82, 2.24) is 10.6 Å². The number of rotatable bonds is 7. The Balaban J connectivity index is 0.00000242. The van der Waals surface area contributed by atoms with Crippen LogP contribution >= 0.6 is 24.0 Å². The molecular formula is C16H32IN3O2. The Morgan fingerprint density at radius 3 is 2.59 bits per heavy atom. The topological polar surface area (TPSA) is 54.9 Å². The summed E-state index contributed by atoms with van der Waals surface area (Å²) in [5, 5.41) is 6.87. The van der Waals surface area contributed by atoms with Crippen LogP contribution in [0.4, 0.5) is 0 Å². The molecule has 0 aromatic heterocycles. The van der Waals surface area contributed by atoms with Gasteiger partial charge in [-0.2, -0.15) is 0 Å². The smallest absolute Gasteiger partial charge is 0.191 e. The van der Waals surface area contributed by atoms with E-state index >= 15 is 0 Å². The molecule has 0 radical (unpaired) electrons. The van der Waals surface area contributed by atoms with Crippen LogP contribution in [0.1, 0.15) is 44.9 Å². The van der Waals surface area contributed by atoms with Gasteiger partial charge in [0.05, 0.1) is 0 Å². The van der Waals surface area contributed by atoms with Gasteiger partial charge in [-0.05, 0) is 38.0 Å². The minimum Gasteiger partial charge on any atom is -0.381 e. The fourth-order valence-electron chi connectivity index (χ4n) is 3.00. The monoisotopic (exact) mass is 425 g/mol. The van der Waals surface area contributed by atoms with Crippen LogP contribution < -0.4 is 10.6 Å². The molecule has 22 heavy (non-hydrogen) atoms. The number of hydrogen-bond donors (Lipinski definition) is 2. The van der Waals surface area contributed by atoms with E-state index in [9.17, 15) is 0 Å². The number of nitrogens with one attached hydrogen (secondary N) is 2. The van der Waals surface area contributed by atoms with Crippen LogP contribution in [-0.2, 0) is 9.47 Å². The molecule has 2 rings (SSSR count). The lowest BCUT2D eigenvalue weighted by atomic mass is 10.0. The van der Waals surface area contributed by atoms with Crippen molar-refractivity contribution in [3.8, 4) is 0 Å². The van der Waals surface area contributed by atoms with Crippen LogP contribution in [-0.4, -0.2) is 52.0 Å². The van der Waals surface area contributed by atoms with E-state index in [1.54, 1.807) is 0 Å². The van der Waals surface area contributed by atoms with Crippen molar-refractivity contribution >= 4 is 29.9 Å². The van der Waals surface area contributed by atoms with E-state index in [1.807, 2.05) is 7.05 Å². The zero-order valence-electron chi connectivity index (χ0n) is 13.8. The Morgan fingerprint density at radius 1 is 1.18 bits per heavy atom. The molecule has 2 aliphatic rings. The number of aliphatic imine (C=N–C) groups is 1. The van der Waals surface area contributed by atoms with Crippen molar-refractivity contribution < 1.29 is 9.47 Å². The molecule has 1 saturated carbocycles. The van der Waals surface area contributed by atoms with Crippen molar-refractivity contribution in [2.45, 2.75) is 51.0 Å². The van der Waals surface area contributed by atoms with Gasteiger partial charge in [0.1, 0.15) is 0 Å². The summed E-state index contributed by atoms with van der Waals surface area (Å²) in [5.74, 6) is 1.63. The van der Waals surface area contributed by atoms with Gasteiger partial charge in [0.2, 0.25) is 0 Å². The van der Waals surface area contributed by atoms with Gasteiger partial charge in [-0.15, -0.1) is 24.0 Å². The molecule has 1 aliphatic carbocycles. The summed E-state index contributed by atoms with van der Waals surface area (Å²) in [5.41, 5.74) is 0. The number of ether oxygens (including phenoxy) is 2. The third-order valence-corrected chi connectivity index (χ3v) is 4.37. The summed E-state index contributed by atoms with van der Waals surface area (Å²) >= 11 is 0. The van der Waals surface area contributed by atoms with Gasteiger partial charge in [0.15, 0.2) is 5.96 Å². The molecule has 0 spiro atoms. The second kappa shape index (κ2) is 12.4. The predicted octanol–water partition coefficient (Wildman–Crippen LogP) is 2.55. The molecule has 0 aromatic carbocycles. The third kappa shape index (κ3) is 7.97. The molecule has 130 valence electrons. The first kappa shape index (κ1) is 20.0. The molecule has 0 bridgehead atoms. The quantitative estimate of drug-likeness (QED) is 0.285. The van der Waals surface area contributed by atoms with Crippen molar-refractivity contribution in [1.29, 1.82) is 0 Å². The summed E-state index contributed by atoms with van der Waals surface area (Å²) in [6.45, 7) is 4.43. The lowest BCUT2D eigenvalue weighted by molar-refractivity contribution is 0.0203. The zero-order valence-corrected chi connectivity index (χ0v) is 16.1. The standard InChI is InChI=1S/C16H31N3O2.HI/c1-17-16(19-15-5-2-3-6-15)18-9-4-10-21-13-14-7-11-20-12-8-14;/h14-15H,2-13H2,1H3,(H2,17,18,19);1H. The number of guanidine groups is 1. The maximum absolute atomic E-state index is 5.77. The first-order chi connectivity index (χ1) is 10.4. The lowest BCUT2D eigenvalue weighted by Gasteiger charge is -2.21. The maximum atomic E-state index is 5.77. The molecule has 5 nitrogen and oxygen atoms in total. The summed E-state index contributed by atoms with van der Waals surface area (Å²) in [6.07, 6.45) is 8.55. The first-order valence-electron chi connectivity index (χ1n) is 8.51. The SMILES string of the molecule is CN=C(NCCCOCC1CCOCC1)NC1CCCC1.I. The Hall–Kier alpha value is -0.0800. The molecule has 2 N–H and O–H groups in total. The molecule has 0 amide bonds. The van der Waals surface area contributed by atoms with Crippen LogP contribution in [0.3, 0.4) is 0 Å². The highest BCUT2D eigenvalue weighted by atomic mass is 127. The van der Waals surface area contributed by atoms with Gasteiger partial charge in [-0.1, -0.05) is 12.8 Å². The van der Waals surface area contributed by atoms with Gasteiger partial charge in [0.25, 0.3) is 0 Å². The highest BCUT2D eigenvalue weighted by molar-refractivity contribution is 14.0. The van der Waals surface area contributed by atoms with Crippen LogP contribution in [0, 0.1) is 5.92 Å². The van der Waals surface area contributed by atoms with Crippen molar-refractivity contribution in [2.75, 3.05) is 40.0 Å².